The largest absolute Gasteiger partial charge is 0.497 e. The molecule has 0 bridgehead atoms. The predicted octanol–water partition coefficient (Wildman–Crippen LogP) is 5.17. The molecule has 1 unspecified atom stereocenters. The molecule has 3 aromatic rings. The number of nitrogens with one attached hydrogen (secondary N) is 2. The van der Waals surface area contributed by atoms with Gasteiger partial charge >= 0.3 is 0 Å². The summed E-state index contributed by atoms with van der Waals surface area (Å²) in [5, 5.41) is 5.83. The Hall–Kier alpha value is -3.85. The summed E-state index contributed by atoms with van der Waals surface area (Å²) in [4.78, 5) is 32.5. The number of nitrogens with zero attached hydrogens (tertiary/aromatic N) is 3. The Morgan fingerprint density at radius 2 is 1.90 bits per heavy atom. The third-order valence-electron chi connectivity index (χ3n) is 6.97. The average Bonchev–Trinajstić information content (AvgIpc) is 3.33. The minimum atomic E-state index is -0.755. The SMILES string of the molecule is COc1ccc(/C=C2\CN(C(C)=O)CC3=C2N(c2ccc(Cl)cc2Cl)NC3C(=O)N[C@H](C)c2ccccn2)cc1. The van der Waals surface area contributed by atoms with Crippen LogP contribution in [0.1, 0.15) is 31.1 Å². The molecular formula is C30H29Cl2N5O3. The van der Waals surface area contributed by atoms with Crippen molar-refractivity contribution in [1.82, 2.24) is 20.6 Å². The smallest absolute Gasteiger partial charge is 0.243 e. The molecule has 2 N–H and O–H groups in total. The van der Waals surface area contributed by atoms with Gasteiger partial charge in [0.2, 0.25) is 11.8 Å². The van der Waals surface area contributed by atoms with Gasteiger partial charge in [-0.2, -0.15) is 0 Å². The minimum absolute atomic E-state index is 0.0869. The average molecular weight is 579 g/mol. The van der Waals surface area contributed by atoms with Crippen LogP contribution in [0.5, 0.6) is 5.75 Å². The maximum Gasteiger partial charge on any atom is 0.243 e. The molecule has 2 aliphatic rings. The van der Waals surface area contributed by atoms with Crippen LogP contribution in [0.25, 0.3) is 6.08 Å². The van der Waals surface area contributed by atoms with E-state index < -0.39 is 6.04 Å². The van der Waals surface area contributed by atoms with Crippen molar-refractivity contribution < 1.29 is 14.3 Å². The van der Waals surface area contributed by atoms with Crippen molar-refractivity contribution in [2.45, 2.75) is 25.9 Å². The molecule has 0 saturated carbocycles. The summed E-state index contributed by atoms with van der Waals surface area (Å²) >= 11 is 12.9. The number of anilines is 1. The zero-order valence-electron chi connectivity index (χ0n) is 22.3. The van der Waals surface area contributed by atoms with Gasteiger partial charge in [-0.25, -0.2) is 5.43 Å². The van der Waals surface area contributed by atoms with Gasteiger partial charge in [0.1, 0.15) is 11.8 Å². The number of aromatic nitrogens is 1. The number of halogens is 2. The van der Waals surface area contributed by atoms with Gasteiger partial charge in [0.25, 0.3) is 0 Å². The first-order valence-electron chi connectivity index (χ1n) is 12.8. The lowest BCUT2D eigenvalue weighted by Crippen LogP contribution is -2.48. The lowest BCUT2D eigenvalue weighted by Gasteiger charge is -2.32. The van der Waals surface area contributed by atoms with E-state index in [1.807, 2.05) is 60.5 Å². The van der Waals surface area contributed by atoms with Crippen LogP contribution in [-0.4, -0.2) is 47.9 Å². The first kappa shape index (κ1) is 27.7. The highest BCUT2D eigenvalue weighted by atomic mass is 35.5. The Kier molecular flexibility index (Phi) is 8.12. The van der Waals surface area contributed by atoms with Gasteiger partial charge in [-0.3, -0.25) is 19.6 Å². The molecule has 0 saturated heterocycles. The molecular weight excluding hydrogens is 549 g/mol. The highest BCUT2D eigenvalue weighted by molar-refractivity contribution is 6.36. The molecule has 5 rings (SSSR count). The second kappa shape index (κ2) is 11.7. The summed E-state index contributed by atoms with van der Waals surface area (Å²) in [5.41, 5.74) is 8.08. The summed E-state index contributed by atoms with van der Waals surface area (Å²) in [6.45, 7) is 4.07. The quantitative estimate of drug-likeness (QED) is 0.420. The number of rotatable bonds is 6. The number of carbonyl (C=O) groups is 2. The normalized spacial score (nSPS) is 18.5. The number of hydrogen-bond donors (Lipinski definition) is 2. The molecule has 3 heterocycles. The number of hydrogen-bond acceptors (Lipinski definition) is 6. The number of methoxy groups -OCH3 is 1. The van der Waals surface area contributed by atoms with E-state index in [0.717, 1.165) is 33.9 Å². The number of benzene rings is 2. The van der Waals surface area contributed by atoms with Crippen molar-refractivity contribution in [2.75, 3.05) is 25.2 Å². The van der Waals surface area contributed by atoms with Crippen LogP contribution in [0.4, 0.5) is 5.69 Å². The van der Waals surface area contributed by atoms with E-state index in [4.69, 9.17) is 27.9 Å². The van der Waals surface area contributed by atoms with Gasteiger partial charge in [0.15, 0.2) is 0 Å². The molecule has 8 nitrogen and oxygen atoms in total. The molecule has 2 aliphatic heterocycles. The third kappa shape index (κ3) is 5.70. The number of amides is 2. The van der Waals surface area contributed by atoms with Crippen molar-refractivity contribution >= 4 is 46.8 Å². The molecule has 0 spiro atoms. The van der Waals surface area contributed by atoms with E-state index in [2.05, 4.69) is 15.7 Å². The fourth-order valence-corrected chi connectivity index (χ4v) is 5.41. The zero-order chi connectivity index (χ0) is 28.4. The van der Waals surface area contributed by atoms with Gasteiger partial charge in [0.05, 0.1) is 35.3 Å². The molecule has 2 amide bonds. The molecule has 0 radical (unpaired) electrons. The topological polar surface area (TPSA) is 86.8 Å². The van der Waals surface area contributed by atoms with Crippen LogP contribution in [0.2, 0.25) is 10.0 Å². The van der Waals surface area contributed by atoms with Crippen LogP contribution in [0.3, 0.4) is 0 Å². The summed E-state index contributed by atoms with van der Waals surface area (Å²) in [6.07, 6.45) is 3.71. The van der Waals surface area contributed by atoms with Gasteiger partial charge in [-0.1, -0.05) is 41.4 Å². The number of pyridine rings is 1. The third-order valence-corrected chi connectivity index (χ3v) is 7.50. The lowest BCUT2D eigenvalue weighted by molar-refractivity contribution is -0.128. The fraction of sp³-hybridized carbons (Fsp3) is 0.233. The van der Waals surface area contributed by atoms with Gasteiger partial charge in [-0.05, 0) is 66.6 Å². The highest BCUT2D eigenvalue weighted by Gasteiger charge is 2.42. The zero-order valence-corrected chi connectivity index (χ0v) is 23.8. The minimum Gasteiger partial charge on any atom is -0.497 e. The Balaban J connectivity index is 1.59. The van der Waals surface area contributed by atoms with Crippen molar-refractivity contribution in [3.05, 3.63) is 105 Å². The van der Waals surface area contributed by atoms with Crippen LogP contribution in [0, 0.1) is 0 Å². The predicted molar refractivity (Wildman–Crippen MR) is 157 cm³/mol. The molecule has 0 aliphatic carbocycles. The second-order valence-corrected chi connectivity index (χ2v) is 10.5. The van der Waals surface area contributed by atoms with E-state index in [-0.39, 0.29) is 24.4 Å². The first-order valence-corrected chi connectivity index (χ1v) is 13.6. The molecule has 206 valence electrons. The molecule has 1 aromatic heterocycles. The summed E-state index contributed by atoms with van der Waals surface area (Å²) in [5.74, 6) is 0.413. The second-order valence-electron chi connectivity index (χ2n) is 9.67. The maximum absolute atomic E-state index is 13.8. The monoisotopic (exact) mass is 577 g/mol. The highest BCUT2D eigenvalue weighted by Crippen LogP contribution is 2.40. The Morgan fingerprint density at radius 3 is 2.55 bits per heavy atom. The number of hydrazine groups is 1. The number of ether oxygens (including phenoxy) is 1. The van der Waals surface area contributed by atoms with Gasteiger partial charge in [-0.15, -0.1) is 0 Å². The van der Waals surface area contributed by atoms with Crippen LogP contribution in [-0.2, 0) is 9.59 Å². The summed E-state index contributed by atoms with van der Waals surface area (Å²) in [7, 11) is 1.62. The van der Waals surface area contributed by atoms with Crippen molar-refractivity contribution in [2.24, 2.45) is 0 Å². The molecule has 2 atom stereocenters. The van der Waals surface area contributed by atoms with Crippen LogP contribution >= 0.6 is 23.2 Å². The Bertz CT molecular complexity index is 1490. The first-order chi connectivity index (χ1) is 19.2. The maximum atomic E-state index is 13.8. The van der Waals surface area contributed by atoms with Crippen molar-refractivity contribution in [3.8, 4) is 5.75 Å². The van der Waals surface area contributed by atoms with Crippen LogP contribution < -0.4 is 20.5 Å². The van der Waals surface area contributed by atoms with Gasteiger partial charge in [0, 0.05) is 36.8 Å². The van der Waals surface area contributed by atoms with Crippen LogP contribution in [0.15, 0.2) is 83.7 Å². The van der Waals surface area contributed by atoms with Gasteiger partial charge < -0.3 is 15.0 Å². The van der Waals surface area contributed by atoms with E-state index in [9.17, 15) is 9.59 Å². The van der Waals surface area contributed by atoms with E-state index >= 15 is 0 Å². The Labute approximate surface area is 243 Å². The van der Waals surface area contributed by atoms with E-state index in [1.165, 1.54) is 6.92 Å². The molecule has 2 aromatic carbocycles. The summed E-state index contributed by atoms with van der Waals surface area (Å²) < 4.78 is 5.30. The molecule has 40 heavy (non-hydrogen) atoms. The number of carbonyl (C=O) groups excluding carboxylic acids is 2. The standard InChI is InChI=1S/C30H29Cl2N5O3/c1-18(26-6-4-5-13-33-26)34-30(39)28-24-17-36(19(2)38)16-21(14-20-7-10-23(40-3)11-8-20)29(24)37(35-28)27-12-9-22(31)15-25(27)32/h4-15,18,28,35H,16-17H2,1-3H3,(H,34,39)/b21-14+/t18-,28?/m1/s1. The summed E-state index contributed by atoms with van der Waals surface area (Å²) in [6, 6.07) is 17.4. The fourth-order valence-electron chi connectivity index (χ4n) is 4.92. The molecule has 0 fully saturated rings. The van der Waals surface area contributed by atoms with Crippen molar-refractivity contribution in [1.29, 1.82) is 0 Å². The van der Waals surface area contributed by atoms with E-state index in [1.54, 1.807) is 36.4 Å². The van der Waals surface area contributed by atoms with E-state index in [0.29, 0.717) is 22.3 Å². The van der Waals surface area contributed by atoms with Crippen molar-refractivity contribution in [3.63, 3.8) is 0 Å². The Morgan fingerprint density at radius 1 is 1.12 bits per heavy atom. The lowest BCUT2D eigenvalue weighted by atomic mass is 9.94. The molecule has 10 heteroatoms.